The summed E-state index contributed by atoms with van der Waals surface area (Å²) in [6.45, 7) is 8.41. The summed E-state index contributed by atoms with van der Waals surface area (Å²) in [7, 11) is 3.49. The van der Waals surface area contributed by atoms with E-state index in [1.807, 2.05) is 20.8 Å². The number of hydrogen-bond acceptors (Lipinski definition) is 5. The van der Waals surface area contributed by atoms with Crippen molar-refractivity contribution in [2.24, 2.45) is 11.5 Å². The van der Waals surface area contributed by atoms with Crippen LogP contribution < -0.4 is 17.6 Å². The molecular formula is C8H36FN3O2P2. The molecule has 0 aromatic rings. The second-order valence-corrected chi connectivity index (χ2v) is 1.52. The van der Waals surface area contributed by atoms with Gasteiger partial charge in [-0.05, 0) is 22.9 Å². The van der Waals surface area contributed by atoms with E-state index in [1.165, 1.54) is 9.47 Å². The lowest BCUT2D eigenvalue weighted by Gasteiger charge is -1.95. The summed E-state index contributed by atoms with van der Waals surface area (Å²) in [4.78, 5) is 6.92. The minimum Gasteiger partial charge on any atom is -0.380 e. The van der Waals surface area contributed by atoms with Crippen LogP contribution >= 0.6 is 18.9 Å². The zero-order valence-corrected chi connectivity index (χ0v) is 11.9. The molecule has 0 saturated heterocycles. The maximum Gasteiger partial charge on any atom is 0.106 e. The lowest BCUT2D eigenvalue weighted by Crippen LogP contribution is -2.13. The van der Waals surface area contributed by atoms with Gasteiger partial charge in [-0.25, -0.2) is 0 Å². The van der Waals surface area contributed by atoms with Crippen molar-refractivity contribution in [3.8, 4) is 0 Å². The van der Waals surface area contributed by atoms with Gasteiger partial charge >= 0.3 is 0 Å². The molecule has 8 heteroatoms. The highest BCUT2D eigenvalue weighted by Gasteiger charge is 1.78. The Balaban J connectivity index is -0.00000000880. The Morgan fingerprint density at radius 1 is 1.25 bits per heavy atom. The molecule has 8 N–H and O–H groups in total. The van der Waals surface area contributed by atoms with Gasteiger partial charge in [0.05, 0.1) is 0 Å². The van der Waals surface area contributed by atoms with Crippen molar-refractivity contribution in [1.82, 2.24) is 6.15 Å². The maximum absolute atomic E-state index is 6.92. The van der Waals surface area contributed by atoms with Crippen molar-refractivity contribution in [2.75, 3.05) is 6.54 Å². The normalized spacial score (nSPS) is 6.56. The van der Waals surface area contributed by atoms with E-state index in [1.54, 1.807) is 6.92 Å². The summed E-state index contributed by atoms with van der Waals surface area (Å²) >= 11 is 0. The van der Waals surface area contributed by atoms with Gasteiger partial charge in [-0.1, -0.05) is 35.6 Å². The van der Waals surface area contributed by atoms with Crippen LogP contribution in [0.15, 0.2) is 0 Å². The SMILES string of the molecule is C.C.CC.CC(N)OP.CCN.F.N.OP. The van der Waals surface area contributed by atoms with Crippen LogP contribution in [0.2, 0.25) is 0 Å². The minimum atomic E-state index is -0.153. The average Bonchev–Trinajstić information content (AvgIpc) is 2.13. The van der Waals surface area contributed by atoms with Crippen LogP contribution in [0.3, 0.4) is 0 Å². The monoisotopic (exact) mass is 287 g/mol. The van der Waals surface area contributed by atoms with E-state index in [-0.39, 0.29) is 31.9 Å². The van der Waals surface area contributed by atoms with Crippen LogP contribution in [-0.2, 0) is 4.52 Å². The van der Waals surface area contributed by atoms with Crippen LogP contribution in [-0.4, -0.2) is 17.7 Å². The Bertz CT molecular complexity index is 52.5. The molecule has 16 heavy (non-hydrogen) atoms. The quantitative estimate of drug-likeness (QED) is 0.436. The Morgan fingerprint density at radius 3 is 1.31 bits per heavy atom. The van der Waals surface area contributed by atoms with Crippen LogP contribution in [0.4, 0.5) is 4.70 Å². The average molecular weight is 287 g/mol. The van der Waals surface area contributed by atoms with Gasteiger partial charge in [0.1, 0.15) is 6.23 Å². The molecule has 0 saturated carbocycles. The van der Waals surface area contributed by atoms with Gasteiger partial charge in [-0.2, -0.15) is 0 Å². The number of halogens is 1. The molecule has 0 heterocycles. The molecule has 0 aliphatic carbocycles. The maximum atomic E-state index is 6.92. The predicted octanol–water partition coefficient (Wildman–Crippen LogP) is 2.44. The van der Waals surface area contributed by atoms with Gasteiger partial charge in [-0.15, -0.1) is 0 Å². The van der Waals surface area contributed by atoms with Crippen molar-refractivity contribution in [3.05, 3.63) is 0 Å². The molecule has 0 bridgehead atoms. The Labute approximate surface area is 107 Å². The molecule has 0 radical (unpaired) electrons. The first kappa shape index (κ1) is 54.6. The standard InChI is InChI=1S/C2H8NOP.C2H7N.C2H6.2CH4.FH.H3N.H3OP/c1-2(3)4-5;1-2-3;1-2;;;;;1-2/h2H,3,5H2,1H3;2-3H2,1H3;1-2H3;2*1H4;1H;1H3;1H,2H2. The molecular weight excluding hydrogens is 251 g/mol. The van der Waals surface area contributed by atoms with Crippen molar-refractivity contribution in [2.45, 2.75) is 48.8 Å². The van der Waals surface area contributed by atoms with Gasteiger partial charge in [0.2, 0.25) is 0 Å². The molecule has 0 aromatic heterocycles. The zero-order valence-electron chi connectivity index (χ0n) is 9.56. The van der Waals surface area contributed by atoms with Gasteiger partial charge in [-0.3, -0.25) is 4.70 Å². The third-order valence-corrected chi connectivity index (χ3v) is 0.644. The summed E-state index contributed by atoms with van der Waals surface area (Å²) < 4.78 is 4.44. The third kappa shape index (κ3) is 402. The van der Waals surface area contributed by atoms with Crippen molar-refractivity contribution >= 4 is 18.9 Å². The highest BCUT2D eigenvalue weighted by Crippen LogP contribution is 1.85. The fraction of sp³-hybridized carbons (Fsp3) is 1.00. The molecule has 3 atom stereocenters. The zero-order chi connectivity index (χ0) is 11.0. The molecule has 0 spiro atoms. The molecule has 0 amide bonds. The second kappa shape index (κ2) is 106. The Hall–Kier alpha value is 0.590. The molecule has 0 fully saturated rings. The van der Waals surface area contributed by atoms with E-state index in [9.17, 15) is 0 Å². The highest BCUT2D eigenvalue weighted by molar-refractivity contribution is 7.09. The smallest absolute Gasteiger partial charge is 0.106 e. The van der Waals surface area contributed by atoms with Crippen LogP contribution in [0, 0.1) is 0 Å². The first-order valence-corrected chi connectivity index (χ1v) is 4.74. The van der Waals surface area contributed by atoms with E-state index >= 15 is 0 Å². The largest absolute Gasteiger partial charge is 0.380 e. The van der Waals surface area contributed by atoms with Crippen LogP contribution in [0.5, 0.6) is 0 Å². The summed E-state index contributed by atoms with van der Waals surface area (Å²) in [5, 5.41) is 0. The molecule has 3 unspecified atom stereocenters. The fourth-order valence-electron chi connectivity index (χ4n) is 0. The summed E-state index contributed by atoms with van der Waals surface area (Å²) in [5.74, 6) is 0. The molecule has 0 aliphatic heterocycles. The topological polar surface area (TPSA) is 116 Å². The molecule has 5 nitrogen and oxygen atoms in total. The first-order valence-electron chi connectivity index (χ1n) is 3.76. The van der Waals surface area contributed by atoms with Crippen LogP contribution in [0.1, 0.15) is 42.5 Å². The fourth-order valence-corrected chi connectivity index (χ4v) is 0. The molecule has 0 rings (SSSR count). The number of nitrogens with two attached hydrogens (primary N) is 2. The first-order chi connectivity index (χ1) is 5.68. The van der Waals surface area contributed by atoms with E-state index in [0.29, 0.717) is 0 Å². The van der Waals surface area contributed by atoms with Gasteiger partial charge in [0.25, 0.3) is 0 Å². The van der Waals surface area contributed by atoms with E-state index in [4.69, 9.17) is 16.4 Å². The summed E-state index contributed by atoms with van der Waals surface area (Å²) in [6.07, 6.45) is -0.153. The van der Waals surface area contributed by atoms with E-state index < -0.39 is 0 Å². The summed E-state index contributed by atoms with van der Waals surface area (Å²) in [6, 6.07) is 0. The second-order valence-electron chi connectivity index (χ2n) is 1.25. The molecule has 112 valence electrons. The predicted molar refractivity (Wildman–Crippen MR) is 83.4 cm³/mol. The van der Waals surface area contributed by atoms with Crippen molar-refractivity contribution < 1.29 is 14.1 Å². The number of hydrogen-bond donors (Lipinski definition) is 4. The highest BCUT2D eigenvalue weighted by atomic mass is 31.0. The number of rotatable bonds is 1. The van der Waals surface area contributed by atoms with Crippen LogP contribution in [0.25, 0.3) is 0 Å². The lowest BCUT2D eigenvalue weighted by molar-refractivity contribution is 0.273. The van der Waals surface area contributed by atoms with Gasteiger partial charge < -0.3 is 27.0 Å². The Morgan fingerprint density at radius 2 is 1.31 bits per heavy atom. The molecule has 0 aromatic carbocycles. The lowest BCUT2D eigenvalue weighted by atomic mass is 10.7. The van der Waals surface area contributed by atoms with Gasteiger partial charge in [0.15, 0.2) is 0 Å². The molecule has 0 aliphatic rings. The van der Waals surface area contributed by atoms with Crippen molar-refractivity contribution in [1.29, 1.82) is 0 Å². The minimum absolute atomic E-state index is 0. The third-order valence-electron chi connectivity index (χ3n) is 0.215. The van der Waals surface area contributed by atoms with Crippen molar-refractivity contribution in [3.63, 3.8) is 0 Å². The van der Waals surface area contributed by atoms with E-state index in [0.717, 1.165) is 6.54 Å². The Kier molecular flexibility index (Phi) is 363. The van der Waals surface area contributed by atoms with Gasteiger partial charge in [0, 0.05) is 9.47 Å². The van der Waals surface area contributed by atoms with E-state index in [2.05, 4.69) is 14.0 Å². The summed E-state index contributed by atoms with van der Waals surface area (Å²) in [5.41, 5.74) is 9.90.